The lowest BCUT2D eigenvalue weighted by Gasteiger charge is -2.37. The Bertz CT molecular complexity index is 1310. The van der Waals surface area contributed by atoms with E-state index in [1.807, 2.05) is 36.5 Å². The maximum Gasteiger partial charge on any atom is 0.255 e. The number of ether oxygens (including phenoxy) is 1. The molecule has 1 amide bonds. The van der Waals surface area contributed by atoms with Gasteiger partial charge in [0.05, 0.1) is 18.4 Å². The number of hydrogen-bond acceptors (Lipinski definition) is 5. The lowest BCUT2D eigenvalue weighted by atomic mass is 9.69. The van der Waals surface area contributed by atoms with Crippen LogP contribution in [0.25, 0.3) is 5.82 Å². The minimum atomic E-state index is -0.258. The van der Waals surface area contributed by atoms with Gasteiger partial charge in [-0.1, -0.05) is 54.1 Å². The van der Waals surface area contributed by atoms with E-state index in [4.69, 9.17) is 21.4 Å². The van der Waals surface area contributed by atoms with Crippen LogP contribution in [-0.2, 0) is 18.3 Å². The Balaban J connectivity index is 1.44. The smallest absolute Gasteiger partial charge is 0.255 e. The van der Waals surface area contributed by atoms with E-state index in [1.54, 1.807) is 36.1 Å². The number of aromatic nitrogens is 4. The fraction of sp³-hybridized carbons (Fsp3) is 0.231. The van der Waals surface area contributed by atoms with Crippen molar-refractivity contribution in [2.24, 2.45) is 0 Å². The van der Waals surface area contributed by atoms with Crippen LogP contribution >= 0.6 is 11.6 Å². The van der Waals surface area contributed by atoms with E-state index < -0.39 is 0 Å². The minimum Gasteiger partial charge on any atom is -0.496 e. The van der Waals surface area contributed by atoms with E-state index in [1.165, 1.54) is 5.56 Å². The second-order valence-electron chi connectivity index (χ2n) is 8.47. The summed E-state index contributed by atoms with van der Waals surface area (Å²) in [5.74, 6) is 1.03. The number of aryl methyl sites for hydroxylation is 1. The van der Waals surface area contributed by atoms with Gasteiger partial charge in [0.25, 0.3) is 5.91 Å². The third kappa shape index (κ3) is 4.26. The molecule has 0 saturated carbocycles. The molecule has 2 aromatic carbocycles. The predicted molar refractivity (Wildman–Crippen MR) is 130 cm³/mol. The van der Waals surface area contributed by atoms with Crippen molar-refractivity contribution < 1.29 is 9.53 Å². The highest BCUT2D eigenvalue weighted by atomic mass is 35.5. The Kier molecular flexibility index (Phi) is 6.02. The van der Waals surface area contributed by atoms with E-state index in [2.05, 4.69) is 27.6 Å². The topological polar surface area (TPSA) is 81.9 Å². The molecule has 2 heterocycles. The standard InChI is InChI=1S/C26H24ClN5O2/c1-34-22-10-6-5-9-20(22)25(33)28-17-26(19-7-3-2-4-8-19)14-13-21-18(15-26)16-32(31-21)24-12-11-23(27)29-30-24/h2-12,16H,13-15,17H2,1H3,(H,28,33). The van der Waals surface area contributed by atoms with Crippen LogP contribution in [0.1, 0.15) is 33.6 Å². The zero-order valence-electron chi connectivity index (χ0n) is 18.7. The molecule has 0 aliphatic heterocycles. The SMILES string of the molecule is COc1ccccc1C(=O)NCC1(c2ccccc2)CCc2nn(-c3ccc(Cl)nn3)cc2C1. The number of hydrogen-bond donors (Lipinski definition) is 1. The number of para-hydroxylation sites is 1. The number of carbonyl (C=O) groups is 1. The number of amides is 1. The second kappa shape index (κ2) is 9.27. The van der Waals surface area contributed by atoms with Crippen molar-refractivity contribution in [3.63, 3.8) is 0 Å². The van der Waals surface area contributed by atoms with Gasteiger partial charge in [-0.3, -0.25) is 4.79 Å². The summed E-state index contributed by atoms with van der Waals surface area (Å²) in [5.41, 5.74) is 3.64. The van der Waals surface area contributed by atoms with E-state index in [0.717, 1.165) is 30.5 Å². The fourth-order valence-electron chi connectivity index (χ4n) is 4.63. The molecule has 1 aliphatic rings. The van der Waals surface area contributed by atoms with Gasteiger partial charge in [-0.05, 0) is 54.7 Å². The van der Waals surface area contributed by atoms with Gasteiger partial charge >= 0.3 is 0 Å². The van der Waals surface area contributed by atoms with Gasteiger partial charge in [0.15, 0.2) is 11.0 Å². The zero-order valence-corrected chi connectivity index (χ0v) is 19.5. The van der Waals surface area contributed by atoms with E-state index >= 15 is 0 Å². The number of rotatable bonds is 6. The van der Waals surface area contributed by atoms with Gasteiger partial charge in [0.2, 0.25) is 0 Å². The van der Waals surface area contributed by atoms with Crippen molar-refractivity contribution >= 4 is 17.5 Å². The predicted octanol–water partition coefficient (Wildman–Crippen LogP) is 4.18. The molecule has 0 spiro atoms. The fourth-order valence-corrected chi connectivity index (χ4v) is 4.73. The van der Waals surface area contributed by atoms with Crippen LogP contribution in [0.2, 0.25) is 5.15 Å². The summed E-state index contributed by atoms with van der Waals surface area (Å²) in [6.45, 7) is 0.499. The molecule has 5 rings (SSSR count). The van der Waals surface area contributed by atoms with Crippen molar-refractivity contribution in [2.45, 2.75) is 24.7 Å². The van der Waals surface area contributed by atoms with Gasteiger partial charge in [-0.2, -0.15) is 5.10 Å². The number of nitrogens with one attached hydrogen (secondary N) is 1. The molecule has 1 N–H and O–H groups in total. The largest absolute Gasteiger partial charge is 0.496 e. The van der Waals surface area contributed by atoms with Crippen LogP contribution < -0.4 is 10.1 Å². The molecule has 0 saturated heterocycles. The molecule has 1 atom stereocenters. The van der Waals surface area contributed by atoms with Crippen molar-refractivity contribution in [1.29, 1.82) is 0 Å². The van der Waals surface area contributed by atoms with Crippen LogP contribution in [0.5, 0.6) is 5.75 Å². The van der Waals surface area contributed by atoms with Crippen molar-refractivity contribution in [3.05, 3.63) is 100 Å². The summed E-state index contributed by atoms with van der Waals surface area (Å²) < 4.78 is 7.13. The number of methoxy groups -OCH3 is 1. The number of halogens is 1. The Labute approximate surface area is 202 Å². The Hall–Kier alpha value is -3.71. The van der Waals surface area contributed by atoms with Gasteiger partial charge in [-0.15, -0.1) is 10.2 Å². The first-order valence-corrected chi connectivity index (χ1v) is 11.5. The van der Waals surface area contributed by atoms with Crippen molar-refractivity contribution in [3.8, 4) is 11.6 Å². The van der Waals surface area contributed by atoms with Crippen LogP contribution in [0.4, 0.5) is 0 Å². The highest BCUT2D eigenvalue weighted by molar-refractivity contribution is 6.29. The van der Waals surface area contributed by atoms with Crippen molar-refractivity contribution in [1.82, 2.24) is 25.3 Å². The Morgan fingerprint density at radius 3 is 2.65 bits per heavy atom. The molecule has 0 fully saturated rings. The third-order valence-electron chi connectivity index (χ3n) is 6.42. The summed E-state index contributed by atoms with van der Waals surface area (Å²) >= 11 is 5.88. The Morgan fingerprint density at radius 1 is 1.09 bits per heavy atom. The normalized spacial score (nSPS) is 17.1. The molecule has 172 valence electrons. The third-order valence-corrected chi connectivity index (χ3v) is 6.63. The lowest BCUT2D eigenvalue weighted by Crippen LogP contribution is -2.44. The molecule has 34 heavy (non-hydrogen) atoms. The molecule has 0 radical (unpaired) electrons. The molecule has 2 aromatic heterocycles. The molecule has 4 aromatic rings. The second-order valence-corrected chi connectivity index (χ2v) is 8.85. The summed E-state index contributed by atoms with van der Waals surface area (Å²) in [5, 5.41) is 16.3. The van der Waals surface area contributed by atoms with Gasteiger partial charge in [0, 0.05) is 18.2 Å². The summed E-state index contributed by atoms with van der Waals surface area (Å²) in [7, 11) is 1.57. The minimum absolute atomic E-state index is 0.148. The monoisotopic (exact) mass is 473 g/mol. The molecule has 7 nitrogen and oxygen atoms in total. The van der Waals surface area contributed by atoms with Crippen molar-refractivity contribution in [2.75, 3.05) is 13.7 Å². The summed E-state index contributed by atoms with van der Waals surface area (Å²) in [6, 6.07) is 21.1. The van der Waals surface area contributed by atoms with Crippen LogP contribution in [0, 0.1) is 0 Å². The van der Waals surface area contributed by atoms with Gasteiger partial charge in [0.1, 0.15) is 5.75 Å². The van der Waals surface area contributed by atoms with E-state index in [9.17, 15) is 4.79 Å². The van der Waals surface area contributed by atoms with Gasteiger partial charge in [-0.25, -0.2) is 4.68 Å². The number of fused-ring (bicyclic) bond motifs is 1. The van der Waals surface area contributed by atoms with Crippen LogP contribution in [0.3, 0.4) is 0 Å². The molecule has 1 aliphatic carbocycles. The molecular formula is C26H24ClN5O2. The molecule has 8 heteroatoms. The number of carbonyl (C=O) groups excluding carboxylic acids is 1. The maximum absolute atomic E-state index is 13.1. The lowest BCUT2D eigenvalue weighted by molar-refractivity contribution is 0.0937. The maximum atomic E-state index is 13.1. The first-order valence-electron chi connectivity index (χ1n) is 11.1. The van der Waals surface area contributed by atoms with Crippen LogP contribution in [-0.4, -0.2) is 39.5 Å². The highest BCUT2D eigenvalue weighted by Gasteiger charge is 2.38. The first-order chi connectivity index (χ1) is 16.6. The zero-order chi connectivity index (χ0) is 23.5. The van der Waals surface area contributed by atoms with Crippen LogP contribution in [0.15, 0.2) is 72.9 Å². The quantitative estimate of drug-likeness (QED) is 0.454. The molecule has 0 bridgehead atoms. The molecular weight excluding hydrogens is 450 g/mol. The number of benzene rings is 2. The Morgan fingerprint density at radius 2 is 1.88 bits per heavy atom. The first kappa shape index (κ1) is 22.1. The average Bonchev–Trinajstić information content (AvgIpc) is 3.31. The summed E-state index contributed by atoms with van der Waals surface area (Å²) in [4.78, 5) is 13.1. The van der Waals surface area contributed by atoms with E-state index in [-0.39, 0.29) is 11.3 Å². The van der Waals surface area contributed by atoms with Gasteiger partial charge < -0.3 is 10.1 Å². The highest BCUT2D eigenvalue weighted by Crippen LogP contribution is 2.38. The number of nitrogens with zero attached hydrogens (tertiary/aromatic N) is 4. The molecule has 1 unspecified atom stereocenters. The summed E-state index contributed by atoms with van der Waals surface area (Å²) in [6.07, 6.45) is 4.41. The van der Waals surface area contributed by atoms with E-state index in [0.29, 0.717) is 28.8 Å². The average molecular weight is 474 g/mol.